The van der Waals surface area contributed by atoms with Gasteiger partial charge in [0.25, 0.3) is 0 Å². The van der Waals surface area contributed by atoms with Crippen molar-refractivity contribution in [1.29, 1.82) is 0 Å². The fourth-order valence-electron chi connectivity index (χ4n) is 2.29. The molecule has 0 bridgehead atoms. The first-order valence-corrected chi connectivity index (χ1v) is 6.85. The second kappa shape index (κ2) is 5.46. The molecule has 1 aliphatic rings. The molecule has 0 spiro atoms. The lowest BCUT2D eigenvalue weighted by Gasteiger charge is -2.23. The van der Waals surface area contributed by atoms with E-state index in [-0.39, 0.29) is 6.61 Å². The summed E-state index contributed by atoms with van der Waals surface area (Å²) in [5, 5.41) is 9.21. The highest BCUT2D eigenvalue weighted by Crippen LogP contribution is 2.31. The Bertz CT molecular complexity index is 584. The highest BCUT2D eigenvalue weighted by molar-refractivity contribution is 5.61. The Morgan fingerprint density at radius 3 is 2.60 bits per heavy atom. The maximum atomic E-state index is 9.21. The standard InChI is InChI=1S/C15H18N4O/c16-13-10-14(19(8-9-20)12-6-7-12)18-15(17-13)11-4-2-1-3-5-11/h1-5,10,12,20H,6-9H2,(H2,16,17,18). The molecule has 1 aromatic carbocycles. The Balaban J connectivity index is 1.97. The van der Waals surface area contributed by atoms with Crippen LogP contribution in [0.15, 0.2) is 36.4 Å². The summed E-state index contributed by atoms with van der Waals surface area (Å²) in [5.41, 5.74) is 6.86. The summed E-state index contributed by atoms with van der Waals surface area (Å²) in [4.78, 5) is 11.0. The van der Waals surface area contributed by atoms with Crippen LogP contribution in [0, 0.1) is 0 Å². The summed E-state index contributed by atoms with van der Waals surface area (Å²) >= 11 is 0. The van der Waals surface area contributed by atoms with E-state index in [0.29, 0.717) is 24.2 Å². The first-order chi connectivity index (χ1) is 9.78. The summed E-state index contributed by atoms with van der Waals surface area (Å²) in [5.74, 6) is 1.88. The van der Waals surface area contributed by atoms with Gasteiger partial charge in [-0.3, -0.25) is 0 Å². The summed E-state index contributed by atoms with van der Waals surface area (Å²) in [6.45, 7) is 0.691. The molecule has 1 aliphatic carbocycles. The summed E-state index contributed by atoms with van der Waals surface area (Å²) in [6, 6.07) is 12.0. The molecule has 3 rings (SSSR count). The smallest absolute Gasteiger partial charge is 0.163 e. The molecule has 0 radical (unpaired) electrons. The van der Waals surface area contributed by atoms with Crippen LogP contribution in [0.5, 0.6) is 0 Å². The number of nitrogens with two attached hydrogens (primary N) is 1. The fourth-order valence-corrected chi connectivity index (χ4v) is 2.29. The number of hydrogen-bond acceptors (Lipinski definition) is 5. The number of aliphatic hydroxyl groups is 1. The van der Waals surface area contributed by atoms with E-state index in [1.165, 1.54) is 0 Å². The highest BCUT2D eigenvalue weighted by atomic mass is 16.3. The normalized spacial score (nSPS) is 14.2. The Morgan fingerprint density at radius 1 is 1.20 bits per heavy atom. The molecule has 1 saturated carbocycles. The van der Waals surface area contributed by atoms with Crippen LogP contribution in [0.2, 0.25) is 0 Å². The molecule has 104 valence electrons. The van der Waals surface area contributed by atoms with Gasteiger partial charge in [0.15, 0.2) is 5.82 Å². The van der Waals surface area contributed by atoms with Crippen molar-refractivity contribution in [2.24, 2.45) is 0 Å². The van der Waals surface area contributed by atoms with Crippen LogP contribution in [-0.4, -0.2) is 34.3 Å². The molecule has 2 aromatic rings. The monoisotopic (exact) mass is 270 g/mol. The average Bonchev–Trinajstić information content (AvgIpc) is 3.29. The van der Waals surface area contributed by atoms with E-state index in [0.717, 1.165) is 24.2 Å². The van der Waals surface area contributed by atoms with Crippen LogP contribution in [-0.2, 0) is 0 Å². The third-order valence-corrected chi connectivity index (χ3v) is 3.39. The lowest BCUT2D eigenvalue weighted by Crippen LogP contribution is -2.30. The van der Waals surface area contributed by atoms with Gasteiger partial charge in [-0.1, -0.05) is 30.3 Å². The zero-order chi connectivity index (χ0) is 13.9. The SMILES string of the molecule is Nc1cc(N(CCO)C2CC2)nc(-c2ccccc2)n1. The van der Waals surface area contributed by atoms with Gasteiger partial charge in [0.2, 0.25) is 0 Å². The molecule has 0 saturated heterocycles. The molecule has 0 atom stereocenters. The minimum absolute atomic E-state index is 0.112. The van der Waals surface area contributed by atoms with Crippen LogP contribution >= 0.6 is 0 Å². The van der Waals surface area contributed by atoms with Crippen LogP contribution in [0.25, 0.3) is 11.4 Å². The summed E-state index contributed by atoms with van der Waals surface area (Å²) in [6.07, 6.45) is 2.29. The second-order valence-corrected chi connectivity index (χ2v) is 4.99. The van der Waals surface area contributed by atoms with Crippen LogP contribution in [0.4, 0.5) is 11.6 Å². The zero-order valence-corrected chi connectivity index (χ0v) is 11.2. The van der Waals surface area contributed by atoms with Crippen molar-refractivity contribution in [3.8, 4) is 11.4 Å². The quantitative estimate of drug-likeness (QED) is 0.864. The van der Waals surface area contributed by atoms with Crippen molar-refractivity contribution < 1.29 is 5.11 Å². The first kappa shape index (κ1) is 12.9. The van der Waals surface area contributed by atoms with Crippen LogP contribution in [0.1, 0.15) is 12.8 Å². The number of benzene rings is 1. The Labute approximate surface area is 118 Å². The van der Waals surface area contributed by atoms with Crippen molar-refractivity contribution >= 4 is 11.6 Å². The lowest BCUT2D eigenvalue weighted by atomic mass is 10.2. The highest BCUT2D eigenvalue weighted by Gasteiger charge is 2.30. The zero-order valence-electron chi connectivity index (χ0n) is 11.2. The maximum Gasteiger partial charge on any atom is 0.163 e. The van der Waals surface area contributed by atoms with Gasteiger partial charge in [0, 0.05) is 24.2 Å². The Hall–Kier alpha value is -2.14. The Kier molecular flexibility index (Phi) is 3.52. The van der Waals surface area contributed by atoms with E-state index in [2.05, 4.69) is 14.9 Å². The molecule has 5 nitrogen and oxygen atoms in total. The van der Waals surface area contributed by atoms with Gasteiger partial charge in [-0.2, -0.15) is 0 Å². The van der Waals surface area contributed by atoms with E-state index >= 15 is 0 Å². The lowest BCUT2D eigenvalue weighted by molar-refractivity contribution is 0.301. The van der Waals surface area contributed by atoms with Gasteiger partial charge < -0.3 is 15.7 Å². The third-order valence-electron chi connectivity index (χ3n) is 3.39. The van der Waals surface area contributed by atoms with Crippen molar-refractivity contribution in [2.75, 3.05) is 23.8 Å². The molecule has 0 unspecified atom stereocenters. The van der Waals surface area contributed by atoms with Crippen molar-refractivity contribution in [2.45, 2.75) is 18.9 Å². The minimum Gasteiger partial charge on any atom is -0.395 e. The number of aromatic nitrogens is 2. The minimum atomic E-state index is 0.112. The molecular weight excluding hydrogens is 252 g/mol. The molecule has 1 heterocycles. The molecule has 1 aromatic heterocycles. The number of nitrogens with zero attached hydrogens (tertiary/aromatic N) is 3. The summed E-state index contributed by atoms with van der Waals surface area (Å²) < 4.78 is 0. The van der Waals surface area contributed by atoms with E-state index in [1.54, 1.807) is 6.07 Å². The number of aliphatic hydroxyl groups excluding tert-OH is 1. The number of rotatable bonds is 5. The van der Waals surface area contributed by atoms with E-state index < -0.39 is 0 Å². The van der Waals surface area contributed by atoms with E-state index in [1.807, 2.05) is 30.3 Å². The maximum absolute atomic E-state index is 9.21. The van der Waals surface area contributed by atoms with Gasteiger partial charge >= 0.3 is 0 Å². The third kappa shape index (κ3) is 2.72. The molecule has 1 fully saturated rings. The van der Waals surface area contributed by atoms with Gasteiger partial charge in [0.05, 0.1) is 6.61 Å². The number of anilines is 2. The predicted molar refractivity (Wildman–Crippen MR) is 79.3 cm³/mol. The Morgan fingerprint density at radius 2 is 1.95 bits per heavy atom. The second-order valence-electron chi connectivity index (χ2n) is 4.99. The van der Waals surface area contributed by atoms with Crippen molar-refractivity contribution in [3.63, 3.8) is 0 Å². The van der Waals surface area contributed by atoms with E-state index in [9.17, 15) is 5.11 Å². The molecular formula is C15H18N4O. The van der Waals surface area contributed by atoms with Crippen LogP contribution in [0.3, 0.4) is 0 Å². The largest absolute Gasteiger partial charge is 0.395 e. The van der Waals surface area contributed by atoms with Gasteiger partial charge in [-0.05, 0) is 12.8 Å². The van der Waals surface area contributed by atoms with Gasteiger partial charge in [0.1, 0.15) is 11.6 Å². The van der Waals surface area contributed by atoms with Crippen molar-refractivity contribution in [1.82, 2.24) is 9.97 Å². The molecule has 5 heteroatoms. The van der Waals surface area contributed by atoms with Gasteiger partial charge in [-0.25, -0.2) is 9.97 Å². The predicted octanol–water partition coefficient (Wildman–Crippen LogP) is 1.69. The molecule has 0 amide bonds. The summed E-state index contributed by atoms with van der Waals surface area (Å²) in [7, 11) is 0. The topological polar surface area (TPSA) is 75.3 Å². The first-order valence-electron chi connectivity index (χ1n) is 6.85. The number of nitrogen functional groups attached to an aromatic ring is 1. The van der Waals surface area contributed by atoms with Crippen LogP contribution < -0.4 is 10.6 Å². The van der Waals surface area contributed by atoms with E-state index in [4.69, 9.17) is 5.73 Å². The number of hydrogen-bond donors (Lipinski definition) is 2. The molecule has 3 N–H and O–H groups in total. The van der Waals surface area contributed by atoms with Crippen molar-refractivity contribution in [3.05, 3.63) is 36.4 Å². The fraction of sp³-hybridized carbons (Fsp3) is 0.333. The molecule has 20 heavy (non-hydrogen) atoms. The van der Waals surface area contributed by atoms with Gasteiger partial charge in [-0.15, -0.1) is 0 Å². The molecule has 0 aliphatic heterocycles. The average molecular weight is 270 g/mol.